The Bertz CT molecular complexity index is 373. The Labute approximate surface area is 112 Å². The summed E-state index contributed by atoms with van der Waals surface area (Å²) in [5, 5.41) is 0. The van der Waals surface area contributed by atoms with E-state index >= 15 is 0 Å². The van der Waals surface area contributed by atoms with E-state index in [1.807, 2.05) is 45.0 Å². The average Bonchev–Trinajstić information content (AvgIpc) is 2.37. The Balaban J connectivity index is 2.63. The van der Waals surface area contributed by atoms with Gasteiger partial charge < -0.3 is 13.9 Å². The molecule has 0 bridgehead atoms. The molecule has 0 spiro atoms. The maximum atomic E-state index is 5.86. The Morgan fingerprint density at radius 1 is 1.28 bits per heavy atom. The molecular formula is C14H22O3Si. The third-order valence-electron chi connectivity index (χ3n) is 2.49. The molecule has 0 atom stereocenters. The fourth-order valence-electron chi connectivity index (χ4n) is 1.68. The van der Waals surface area contributed by atoms with Gasteiger partial charge in [-0.15, -0.1) is 0 Å². The summed E-state index contributed by atoms with van der Waals surface area (Å²) in [6, 6.07) is 7.86. The molecule has 0 aromatic heterocycles. The Morgan fingerprint density at radius 3 is 2.50 bits per heavy atom. The summed E-state index contributed by atoms with van der Waals surface area (Å²) in [6.07, 6.45) is 1.80. The number of benzene rings is 1. The van der Waals surface area contributed by atoms with Gasteiger partial charge in [-0.3, -0.25) is 0 Å². The number of hydrogen-bond donors (Lipinski definition) is 0. The molecule has 1 rings (SSSR count). The third-order valence-corrected chi connectivity index (χ3v) is 3.90. The zero-order chi connectivity index (χ0) is 13.4. The highest BCUT2D eigenvalue weighted by Crippen LogP contribution is 2.17. The van der Waals surface area contributed by atoms with Crippen LogP contribution in [0.2, 0.25) is 0 Å². The monoisotopic (exact) mass is 266 g/mol. The largest absolute Gasteiger partial charge is 0.543 e. The summed E-state index contributed by atoms with van der Waals surface area (Å²) < 4.78 is 17.1. The molecule has 0 aliphatic heterocycles. The second-order valence-electron chi connectivity index (χ2n) is 4.07. The summed E-state index contributed by atoms with van der Waals surface area (Å²) >= 11 is 0. The maximum Gasteiger partial charge on any atom is 0.282 e. The topological polar surface area (TPSA) is 27.7 Å². The number of rotatable bonds is 8. The van der Waals surface area contributed by atoms with Crippen LogP contribution in [-0.2, 0) is 9.47 Å². The standard InChI is InChI=1S/C14H22O3Si/c1-5-12-9-8-10-13(11-12)17-18-14(4,15-6-2)16-7-3/h5,8-11H,1,6-7,18H2,2-4H3. The molecule has 0 heterocycles. The molecule has 0 saturated carbocycles. The van der Waals surface area contributed by atoms with Crippen LogP contribution in [0.1, 0.15) is 26.3 Å². The van der Waals surface area contributed by atoms with Gasteiger partial charge in [0.25, 0.3) is 9.76 Å². The molecule has 0 radical (unpaired) electrons. The van der Waals surface area contributed by atoms with Crippen LogP contribution in [0.4, 0.5) is 0 Å². The van der Waals surface area contributed by atoms with Crippen molar-refractivity contribution in [2.45, 2.75) is 26.2 Å². The number of hydrogen-bond acceptors (Lipinski definition) is 3. The quantitative estimate of drug-likeness (QED) is 0.534. The molecule has 100 valence electrons. The van der Waals surface area contributed by atoms with Gasteiger partial charge in [0.15, 0.2) is 5.41 Å². The molecule has 0 saturated heterocycles. The summed E-state index contributed by atoms with van der Waals surface area (Å²) in [6.45, 7) is 10.9. The fraction of sp³-hybridized carbons (Fsp3) is 0.429. The SMILES string of the molecule is C=Cc1cccc(O[SiH2]C(C)(OCC)OCC)c1. The van der Waals surface area contributed by atoms with Crippen molar-refractivity contribution in [2.75, 3.05) is 13.2 Å². The van der Waals surface area contributed by atoms with E-state index in [-0.39, 0.29) is 0 Å². The Kier molecular flexibility index (Phi) is 6.11. The highest BCUT2D eigenvalue weighted by Gasteiger charge is 2.27. The van der Waals surface area contributed by atoms with E-state index in [0.29, 0.717) is 13.2 Å². The van der Waals surface area contributed by atoms with Crippen molar-refractivity contribution in [3.63, 3.8) is 0 Å². The zero-order valence-corrected chi connectivity index (χ0v) is 12.9. The maximum absolute atomic E-state index is 5.86. The van der Waals surface area contributed by atoms with Gasteiger partial charge in [-0.05, 0) is 38.5 Å². The lowest BCUT2D eigenvalue weighted by Crippen LogP contribution is -2.42. The number of ether oxygens (including phenoxy) is 2. The van der Waals surface area contributed by atoms with Gasteiger partial charge in [0.05, 0.1) is 0 Å². The van der Waals surface area contributed by atoms with Gasteiger partial charge in [-0.2, -0.15) is 0 Å². The highest BCUT2D eigenvalue weighted by molar-refractivity contribution is 6.32. The van der Waals surface area contributed by atoms with E-state index < -0.39 is 15.2 Å². The first-order valence-corrected chi connectivity index (χ1v) is 7.55. The van der Waals surface area contributed by atoms with Crippen molar-refractivity contribution >= 4 is 15.8 Å². The van der Waals surface area contributed by atoms with Crippen LogP contribution in [0.25, 0.3) is 6.08 Å². The molecule has 4 heteroatoms. The van der Waals surface area contributed by atoms with Crippen molar-refractivity contribution in [3.8, 4) is 5.75 Å². The van der Waals surface area contributed by atoms with Gasteiger partial charge in [0.2, 0.25) is 0 Å². The van der Waals surface area contributed by atoms with Crippen molar-refractivity contribution in [2.24, 2.45) is 0 Å². The van der Waals surface area contributed by atoms with Crippen LogP contribution in [0, 0.1) is 0 Å². The smallest absolute Gasteiger partial charge is 0.282 e. The van der Waals surface area contributed by atoms with Gasteiger partial charge in [-0.1, -0.05) is 24.8 Å². The average molecular weight is 266 g/mol. The minimum Gasteiger partial charge on any atom is -0.543 e. The molecule has 0 aliphatic rings. The summed E-state index contributed by atoms with van der Waals surface area (Å²) in [7, 11) is -0.994. The van der Waals surface area contributed by atoms with E-state index in [1.165, 1.54) is 0 Å². The van der Waals surface area contributed by atoms with Crippen molar-refractivity contribution in [1.82, 2.24) is 0 Å². The summed E-state index contributed by atoms with van der Waals surface area (Å²) in [5.41, 5.74) is 0.490. The molecular weight excluding hydrogens is 244 g/mol. The van der Waals surface area contributed by atoms with Crippen LogP contribution in [0.15, 0.2) is 30.8 Å². The van der Waals surface area contributed by atoms with Gasteiger partial charge in [0.1, 0.15) is 5.75 Å². The third kappa shape index (κ3) is 4.64. The van der Waals surface area contributed by atoms with Crippen molar-refractivity contribution in [1.29, 1.82) is 0 Å². The van der Waals surface area contributed by atoms with Crippen LogP contribution in [-0.4, -0.2) is 28.4 Å². The Hall–Kier alpha value is -1.10. The van der Waals surface area contributed by atoms with Crippen LogP contribution >= 0.6 is 0 Å². The molecule has 3 nitrogen and oxygen atoms in total. The zero-order valence-electron chi connectivity index (χ0n) is 11.4. The van der Waals surface area contributed by atoms with E-state index in [4.69, 9.17) is 13.9 Å². The van der Waals surface area contributed by atoms with E-state index in [1.54, 1.807) is 6.08 Å². The molecule has 0 aliphatic carbocycles. The molecule has 18 heavy (non-hydrogen) atoms. The fourth-order valence-corrected chi connectivity index (χ4v) is 2.86. The first-order chi connectivity index (χ1) is 8.63. The predicted molar refractivity (Wildman–Crippen MR) is 77.4 cm³/mol. The predicted octanol–water partition coefficient (Wildman–Crippen LogP) is 2.54. The minimum absolute atomic E-state index is 0.562. The van der Waals surface area contributed by atoms with E-state index in [0.717, 1.165) is 11.3 Å². The molecule has 0 fully saturated rings. The second kappa shape index (κ2) is 7.36. The first kappa shape index (κ1) is 15.0. The first-order valence-electron chi connectivity index (χ1n) is 6.26. The normalized spacial score (nSPS) is 11.9. The highest BCUT2D eigenvalue weighted by atomic mass is 28.2. The lowest BCUT2D eigenvalue weighted by Gasteiger charge is -2.28. The van der Waals surface area contributed by atoms with Gasteiger partial charge in [0, 0.05) is 13.2 Å². The molecule has 0 unspecified atom stereocenters. The Morgan fingerprint density at radius 2 is 1.94 bits per heavy atom. The van der Waals surface area contributed by atoms with Crippen LogP contribution < -0.4 is 4.43 Å². The van der Waals surface area contributed by atoms with E-state index in [2.05, 4.69) is 6.58 Å². The van der Waals surface area contributed by atoms with Crippen LogP contribution in [0.5, 0.6) is 5.75 Å². The van der Waals surface area contributed by atoms with Crippen LogP contribution in [0.3, 0.4) is 0 Å². The van der Waals surface area contributed by atoms with Gasteiger partial charge in [-0.25, -0.2) is 0 Å². The molecule has 1 aromatic carbocycles. The van der Waals surface area contributed by atoms with Crippen molar-refractivity contribution in [3.05, 3.63) is 36.4 Å². The summed E-state index contributed by atoms with van der Waals surface area (Å²) in [4.78, 5) is 0. The second-order valence-corrected chi connectivity index (χ2v) is 5.93. The lowest BCUT2D eigenvalue weighted by molar-refractivity contribution is -0.167. The summed E-state index contributed by atoms with van der Waals surface area (Å²) in [5.74, 6) is 0.852. The molecule has 0 N–H and O–H groups in total. The molecule has 0 amide bonds. The molecule has 1 aromatic rings. The van der Waals surface area contributed by atoms with E-state index in [9.17, 15) is 0 Å². The minimum atomic E-state index is -0.994. The van der Waals surface area contributed by atoms with Crippen molar-refractivity contribution < 1.29 is 13.9 Å². The van der Waals surface area contributed by atoms with Gasteiger partial charge >= 0.3 is 0 Å². The lowest BCUT2D eigenvalue weighted by atomic mass is 10.2.